The van der Waals surface area contributed by atoms with Crippen molar-refractivity contribution in [3.05, 3.63) is 47.7 Å². The van der Waals surface area contributed by atoms with E-state index in [0.29, 0.717) is 12.2 Å². The monoisotopic (exact) mass is 383 g/mol. The van der Waals surface area contributed by atoms with E-state index in [4.69, 9.17) is 0 Å². The Kier molecular flexibility index (Phi) is 6.46. The lowest BCUT2D eigenvalue weighted by molar-refractivity contribution is -0.130. The first-order valence-electron chi connectivity index (χ1n) is 9.94. The Bertz CT molecular complexity index is 817. The van der Waals surface area contributed by atoms with Gasteiger partial charge in [-0.1, -0.05) is 37.3 Å². The predicted octanol–water partition coefficient (Wildman–Crippen LogP) is 2.74. The van der Waals surface area contributed by atoms with Gasteiger partial charge in [0.25, 0.3) is 0 Å². The van der Waals surface area contributed by atoms with Crippen LogP contribution in [-0.4, -0.2) is 27.6 Å². The lowest BCUT2D eigenvalue weighted by Gasteiger charge is -2.35. The number of amides is 2. The molecule has 0 saturated carbocycles. The quantitative estimate of drug-likeness (QED) is 0.686. The summed E-state index contributed by atoms with van der Waals surface area (Å²) in [5, 5.41) is 13.7. The van der Waals surface area contributed by atoms with Gasteiger partial charge in [0.1, 0.15) is 5.82 Å². The minimum atomic E-state index is -0.474. The van der Waals surface area contributed by atoms with Crippen molar-refractivity contribution in [2.45, 2.75) is 58.8 Å². The third-order valence-corrected chi connectivity index (χ3v) is 5.16. The molecule has 1 aliphatic rings. The zero-order chi connectivity index (χ0) is 20.1. The van der Waals surface area contributed by atoms with Crippen LogP contribution in [0, 0.1) is 12.8 Å². The molecule has 2 aromatic rings. The van der Waals surface area contributed by atoms with Crippen molar-refractivity contribution in [2.24, 2.45) is 5.92 Å². The van der Waals surface area contributed by atoms with Crippen molar-refractivity contribution in [1.29, 1.82) is 0 Å². The number of anilines is 1. The number of aromatic nitrogens is 2. The van der Waals surface area contributed by atoms with Crippen LogP contribution < -0.4 is 16.0 Å². The molecular formula is C21H29N5O2. The second kappa shape index (κ2) is 9.01. The summed E-state index contributed by atoms with van der Waals surface area (Å²) in [4.78, 5) is 24.8. The molecule has 150 valence electrons. The Labute approximate surface area is 165 Å². The number of hydrogen-bond acceptors (Lipinski definition) is 4. The van der Waals surface area contributed by atoms with Gasteiger partial charge in [-0.05, 0) is 38.7 Å². The molecule has 0 bridgehead atoms. The van der Waals surface area contributed by atoms with Crippen LogP contribution >= 0.6 is 0 Å². The molecule has 1 saturated heterocycles. The Hall–Kier alpha value is -2.67. The van der Waals surface area contributed by atoms with E-state index in [-0.39, 0.29) is 23.8 Å². The highest BCUT2D eigenvalue weighted by Gasteiger charge is 2.34. The van der Waals surface area contributed by atoms with E-state index in [1.165, 1.54) is 5.56 Å². The molecule has 7 nitrogen and oxygen atoms in total. The molecule has 1 aliphatic heterocycles. The molecule has 0 radical (unpaired) electrons. The van der Waals surface area contributed by atoms with E-state index in [1.807, 2.05) is 45.0 Å². The first-order chi connectivity index (χ1) is 13.5. The average Bonchev–Trinajstić information content (AvgIpc) is 3.02. The van der Waals surface area contributed by atoms with Gasteiger partial charge >= 0.3 is 0 Å². The fourth-order valence-electron chi connectivity index (χ4n) is 3.66. The molecule has 7 heteroatoms. The molecule has 0 aliphatic carbocycles. The topological polar surface area (TPSA) is 88.1 Å². The van der Waals surface area contributed by atoms with Crippen LogP contribution in [0.2, 0.25) is 0 Å². The van der Waals surface area contributed by atoms with Crippen LogP contribution in [-0.2, 0) is 16.0 Å². The summed E-state index contributed by atoms with van der Waals surface area (Å²) in [5.74, 6) is 0.469. The van der Waals surface area contributed by atoms with Gasteiger partial charge in [0.05, 0.1) is 11.6 Å². The Morgan fingerprint density at radius 3 is 2.71 bits per heavy atom. The zero-order valence-corrected chi connectivity index (χ0v) is 16.7. The molecule has 3 unspecified atom stereocenters. The average molecular weight is 383 g/mol. The summed E-state index contributed by atoms with van der Waals surface area (Å²) < 4.78 is 1.64. The minimum absolute atomic E-state index is 0.00652. The molecule has 3 rings (SSSR count). The number of aryl methyl sites for hydroxylation is 2. The van der Waals surface area contributed by atoms with Crippen LogP contribution in [0.3, 0.4) is 0 Å². The Morgan fingerprint density at radius 2 is 2.04 bits per heavy atom. The highest BCUT2D eigenvalue weighted by atomic mass is 16.2. The maximum Gasteiger partial charge on any atom is 0.227 e. The van der Waals surface area contributed by atoms with Gasteiger partial charge in [0.15, 0.2) is 6.29 Å². The van der Waals surface area contributed by atoms with Crippen molar-refractivity contribution in [3.8, 4) is 0 Å². The standard InChI is InChI=1S/C21H29N5O2/c1-4-17-15(3)22-21(24-20(17)28)26-18(13-14(2)25-26)23-19(27)12-8-11-16-9-6-5-7-10-16/h5-7,9-10,13,15,17,21-22H,4,8,11-12H2,1-3H3,(H,23,27)(H,24,28). The normalized spacial score (nSPS) is 22.0. The van der Waals surface area contributed by atoms with E-state index in [9.17, 15) is 9.59 Å². The van der Waals surface area contributed by atoms with Crippen molar-refractivity contribution in [3.63, 3.8) is 0 Å². The van der Waals surface area contributed by atoms with Crippen molar-refractivity contribution < 1.29 is 9.59 Å². The highest BCUT2D eigenvalue weighted by molar-refractivity contribution is 5.90. The maximum absolute atomic E-state index is 12.4. The van der Waals surface area contributed by atoms with Crippen LogP contribution in [0.25, 0.3) is 0 Å². The largest absolute Gasteiger partial charge is 0.322 e. The fraction of sp³-hybridized carbons (Fsp3) is 0.476. The van der Waals surface area contributed by atoms with Gasteiger partial charge in [0, 0.05) is 18.5 Å². The molecule has 0 spiro atoms. The third-order valence-electron chi connectivity index (χ3n) is 5.16. The van der Waals surface area contributed by atoms with E-state index in [1.54, 1.807) is 4.68 Å². The first kappa shape index (κ1) is 20.1. The second-order valence-electron chi connectivity index (χ2n) is 7.38. The first-order valence-corrected chi connectivity index (χ1v) is 9.94. The lowest BCUT2D eigenvalue weighted by Crippen LogP contribution is -2.57. The number of nitrogens with zero attached hydrogens (tertiary/aromatic N) is 2. The fourth-order valence-corrected chi connectivity index (χ4v) is 3.66. The van der Waals surface area contributed by atoms with Crippen molar-refractivity contribution in [1.82, 2.24) is 20.4 Å². The Balaban J connectivity index is 1.60. The van der Waals surface area contributed by atoms with E-state index in [0.717, 1.165) is 25.0 Å². The zero-order valence-electron chi connectivity index (χ0n) is 16.7. The summed E-state index contributed by atoms with van der Waals surface area (Å²) in [6, 6.07) is 12.0. The van der Waals surface area contributed by atoms with Gasteiger partial charge < -0.3 is 10.6 Å². The van der Waals surface area contributed by atoms with Crippen LogP contribution in [0.4, 0.5) is 5.82 Å². The smallest absolute Gasteiger partial charge is 0.227 e. The summed E-state index contributed by atoms with van der Waals surface area (Å²) >= 11 is 0. The van der Waals surface area contributed by atoms with Crippen molar-refractivity contribution in [2.75, 3.05) is 5.32 Å². The summed E-state index contributed by atoms with van der Waals surface area (Å²) in [7, 11) is 0. The Morgan fingerprint density at radius 1 is 1.29 bits per heavy atom. The number of hydrogen-bond donors (Lipinski definition) is 3. The molecule has 2 amide bonds. The molecule has 28 heavy (non-hydrogen) atoms. The van der Waals surface area contributed by atoms with Crippen LogP contribution in [0.5, 0.6) is 0 Å². The molecule has 1 aromatic heterocycles. The van der Waals surface area contributed by atoms with Crippen molar-refractivity contribution >= 4 is 17.6 Å². The predicted molar refractivity (Wildman–Crippen MR) is 109 cm³/mol. The molecule has 1 fully saturated rings. The molecule has 3 N–H and O–H groups in total. The number of carbonyl (C=O) groups excluding carboxylic acids is 2. The van der Waals surface area contributed by atoms with Gasteiger partial charge in [-0.15, -0.1) is 0 Å². The summed E-state index contributed by atoms with van der Waals surface area (Å²) in [6.45, 7) is 5.87. The van der Waals surface area contributed by atoms with Gasteiger partial charge in [0.2, 0.25) is 11.8 Å². The summed E-state index contributed by atoms with van der Waals surface area (Å²) in [5.41, 5.74) is 2.01. The number of nitrogens with one attached hydrogen (secondary N) is 3. The van der Waals surface area contributed by atoms with Gasteiger partial charge in [-0.2, -0.15) is 5.10 Å². The third kappa shape index (κ3) is 4.78. The minimum Gasteiger partial charge on any atom is -0.322 e. The number of benzene rings is 1. The molecule has 2 heterocycles. The van der Waals surface area contributed by atoms with E-state index in [2.05, 4.69) is 33.2 Å². The SMILES string of the molecule is CCC1C(=O)NC(n2nc(C)cc2NC(=O)CCCc2ccccc2)NC1C. The highest BCUT2D eigenvalue weighted by Crippen LogP contribution is 2.21. The molecule has 1 aromatic carbocycles. The van der Waals surface area contributed by atoms with Crippen LogP contribution in [0.15, 0.2) is 36.4 Å². The number of carbonyl (C=O) groups is 2. The maximum atomic E-state index is 12.4. The molecule has 3 atom stereocenters. The molecular weight excluding hydrogens is 354 g/mol. The van der Waals surface area contributed by atoms with Gasteiger partial charge in [-0.3, -0.25) is 14.9 Å². The van der Waals surface area contributed by atoms with E-state index < -0.39 is 6.29 Å². The summed E-state index contributed by atoms with van der Waals surface area (Å²) in [6.07, 6.45) is 2.37. The van der Waals surface area contributed by atoms with E-state index >= 15 is 0 Å². The number of rotatable bonds is 7. The second-order valence-corrected chi connectivity index (χ2v) is 7.38. The lowest BCUT2D eigenvalue weighted by atomic mass is 9.95. The van der Waals surface area contributed by atoms with Gasteiger partial charge in [-0.25, -0.2) is 4.68 Å². The van der Waals surface area contributed by atoms with Crippen LogP contribution in [0.1, 0.15) is 50.7 Å².